The van der Waals surface area contributed by atoms with Gasteiger partial charge in [0.25, 0.3) is 0 Å². The van der Waals surface area contributed by atoms with E-state index in [-0.39, 0.29) is 16.7 Å². The van der Waals surface area contributed by atoms with Gasteiger partial charge in [-0.1, -0.05) is 0 Å². The smallest absolute Gasteiger partial charge is 0.223 e. The summed E-state index contributed by atoms with van der Waals surface area (Å²) in [5, 5.41) is 49.4. The average molecular weight is 344 g/mol. The fourth-order valence-corrected chi connectivity index (χ4v) is 2.36. The molecular weight excluding hydrogens is 324 g/mol. The molecule has 5 atom stereocenters. The van der Waals surface area contributed by atoms with Gasteiger partial charge in [0.2, 0.25) is 12.2 Å². The van der Waals surface area contributed by atoms with Crippen molar-refractivity contribution in [2.45, 2.75) is 37.6 Å². The number of aliphatic hydroxyl groups excluding tert-OH is 3. The minimum Gasteiger partial charge on any atom is -0.463 e. The summed E-state index contributed by atoms with van der Waals surface area (Å²) in [6.45, 7) is 0.688. The van der Waals surface area contributed by atoms with Crippen molar-refractivity contribution >= 4 is 11.6 Å². The number of anilines is 1. The molecule has 1 aromatic carbocycles. The van der Waals surface area contributed by atoms with E-state index in [9.17, 15) is 20.1 Å². The maximum absolute atomic E-state index is 11.3. The Hall–Kier alpha value is -1.95. The number of nitrogens with one attached hydrogen (secondary N) is 1. The first kappa shape index (κ1) is 18.4. The summed E-state index contributed by atoms with van der Waals surface area (Å²) in [7, 11) is 0. The highest BCUT2D eigenvalue weighted by Gasteiger charge is 2.46. The predicted octanol–water partition coefficient (Wildman–Crippen LogP) is -1.41. The van der Waals surface area contributed by atoms with E-state index in [4.69, 9.17) is 19.9 Å². The highest BCUT2D eigenvalue weighted by molar-refractivity contribution is 5.73. The van der Waals surface area contributed by atoms with Gasteiger partial charge in [-0.25, -0.2) is 0 Å². The van der Waals surface area contributed by atoms with Crippen molar-refractivity contribution in [1.82, 2.24) is 5.32 Å². The first-order valence-electron chi connectivity index (χ1n) is 7.17. The summed E-state index contributed by atoms with van der Waals surface area (Å²) in [6, 6.07) is 4.45. The third-order valence-corrected chi connectivity index (χ3v) is 3.57. The van der Waals surface area contributed by atoms with Gasteiger partial charge < -0.3 is 30.1 Å². The lowest BCUT2D eigenvalue weighted by atomic mass is 9.97. The maximum Gasteiger partial charge on any atom is 0.223 e. The lowest BCUT2D eigenvalue weighted by Gasteiger charge is -2.42. The number of hydrogen-bond donors (Lipinski definition) is 6. The third-order valence-electron chi connectivity index (χ3n) is 3.57. The van der Waals surface area contributed by atoms with Crippen LogP contribution in [0.4, 0.5) is 5.69 Å². The number of carbonyl (C=O) groups excluding carboxylic acids is 1. The van der Waals surface area contributed by atoms with Crippen LogP contribution in [0.5, 0.6) is 5.75 Å². The number of aliphatic hydroxyl groups is 3. The molecule has 134 valence electrons. The minimum atomic E-state index is -1.41. The van der Waals surface area contributed by atoms with Crippen LogP contribution in [0.2, 0.25) is 0 Å². The molecule has 0 unspecified atom stereocenters. The first-order valence-corrected chi connectivity index (χ1v) is 7.17. The van der Waals surface area contributed by atoms with Gasteiger partial charge in [0.05, 0.1) is 12.3 Å². The molecule has 6 N–H and O–H groups in total. The van der Waals surface area contributed by atoms with Crippen molar-refractivity contribution in [2.75, 3.05) is 11.8 Å². The number of rotatable bonds is 5. The van der Waals surface area contributed by atoms with Crippen LogP contribution in [0.3, 0.4) is 0 Å². The predicted molar refractivity (Wildman–Crippen MR) is 78.5 cm³/mol. The van der Waals surface area contributed by atoms with Crippen LogP contribution in [0, 0.1) is 0 Å². The number of nitrogens with zero attached hydrogens (tertiary/aromatic N) is 1. The van der Waals surface area contributed by atoms with E-state index in [0.29, 0.717) is 0 Å². The standard InChI is InChI=1S/C14H20N2O8/c1-7(18)15-11-13(20)12(19)10(6-17)24-14(11)23-9-4-2-8(3-5-9)16(21)22/h2-5,10-14,17,19-22H,6H2,1H3,(H,15,18)/t10-,11-,12-,13-,14-/m1/s1. The van der Waals surface area contributed by atoms with Crippen molar-refractivity contribution in [3.8, 4) is 5.75 Å². The lowest BCUT2D eigenvalue weighted by molar-refractivity contribution is -0.244. The van der Waals surface area contributed by atoms with E-state index in [2.05, 4.69) is 5.32 Å². The Balaban J connectivity index is 2.17. The highest BCUT2D eigenvalue weighted by atomic mass is 16.8. The van der Waals surface area contributed by atoms with Crippen LogP contribution in [0.1, 0.15) is 6.92 Å². The molecule has 1 aliphatic rings. The van der Waals surface area contributed by atoms with E-state index in [1.54, 1.807) is 0 Å². The van der Waals surface area contributed by atoms with Crippen molar-refractivity contribution in [1.29, 1.82) is 0 Å². The molecule has 10 nitrogen and oxygen atoms in total. The van der Waals surface area contributed by atoms with Crippen LogP contribution in [-0.2, 0) is 9.53 Å². The van der Waals surface area contributed by atoms with E-state index in [1.165, 1.54) is 31.2 Å². The van der Waals surface area contributed by atoms with Crippen LogP contribution in [0.15, 0.2) is 24.3 Å². The average Bonchev–Trinajstić information content (AvgIpc) is 2.54. The van der Waals surface area contributed by atoms with Gasteiger partial charge >= 0.3 is 0 Å². The Kier molecular flexibility index (Phi) is 5.94. The van der Waals surface area contributed by atoms with Crippen LogP contribution >= 0.6 is 0 Å². The third kappa shape index (κ3) is 4.12. The number of amides is 1. The normalized spacial score (nSPS) is 29.8. The Morgan fingerprint density at radius 2 is 1.88 bits per heavy atom. The molecule has 10 heteroatoms. The molecular formula is C14H20N2O8. The van der Waals surface area contributed by atoms with Crippen LogP contribution < -0.4 is 15.3 Å². The Morgan fingerprint density at radius 3 is 2.38 bits per heavy atom. The zero-order valence-corrected chi connectivity index (χ0v) is 12.8. The quantitative estimate of drug-likeness (QED) is 0.354. The van der Waals surface area contributed by atoms with Crippen molar-refractivity contribution in [3.05, 3.63) is 24.3 Å². The van der Waals surface area contributed by atoms with E-state index >= 15 is 0 Å². The van der Waals surface area contributed by atoms with E-state index in [0.717, 1.165) is 0 Å². The van der Waals surface area contributed by atoms with Gasteiger partial charge in [0, 0.05) is 6.92 Å². The first-order chi connectivity index (χ1) is 11.3. The summed E-state index contributed by atoms with van der Waals surface area (Å²) in [4.78, 5) is 11.3. The second kappa shape index (κ2) is 7.75. The molecule has 0 spiro atoms. The van der Waals surface area contributed by atoms with Gasteiger partial charge in [0.1, 0.15) is 30.1 Å². The number of benzene rings is 1. The summed E-state index contributed by atoms with van der Waals surface area (Å²) < 4.78 is 11.0. The molecule has 24 heavy (non-hydrogen) atoms. The van der Waals surface area contributed by atoms with Gasteiger partial charge in [-0.05, 0) is 24.3 Å². The van der Waals surface area contributed by atoms with Crippen LogP contribution in [0.25, 0.3) is 0 Å². The van der Waals surface area contributed by atoms with Crippen molar-refractivity contribution < 1.29 is 40.0 Å². The lowest BCUT2D eigenvalue weighted by Crippen LogP contribution is -2.65. The molecule has 0 radical (unpaired) electrons. The van der Waals surface area contributed by atoms with Crippen LogP contribution in [-0.4, -0.2) is 68.9 Å². The zero-order chi connectivity index (χ0) is 17.9. The molecule has 1 heterocycles. The molecule has 1 aromatic rings. The second-order valence-corrected chi connectivity index (χ2v) is 5.33. The fraction of sp³-hybridized carbons (Fsp3) is 0.500. The number of ether oxygens (including phenoxy) is 2. The molecule has 1 amide bonds. The molecule has 2 rings (SSSR count). The monoisotopic (exact) mass is 344 g/mol. The summed E-state index contributed by atoms with van der Waals surface area (Å²) >= 11 is 0. The topological polar surface area (TPSA) is 152 Å². The summed E-state index contributed by atoms with van der Waals surface area (Å²) in [5.41, 5.74) is 0.0917. The summed E-state index contributed by atoms with van der Waals surface area (Å²) in [6.07, 6.45) is -5.06. The van der Waals surface area contributed by atoms with E-state index in [1.807, 2.05) is 0 Å². The Morgan fingerprint density at radius 1 is 1.25 bits per heavy atom. The van der Waals surface area contributed by atoms with Crippen molar-refractivity contribution in [3.63, 3.8) is 0 Å². The zero-order valence-electron chi connectivity index (χ0n) is 12.8. The van der Waals surface area contributed by atoms with Crippen molar-refractivity contribution in [2.24, 2.45) is 0 Å². The Bertz CT molecular complexity index is 552. The summed E-state index contributed by atoms with van der Waals surface area (Å²) in [5.74, 6) is -0.210. The van der Waals surface area contributed by atoms with Gasteiger partial charge in [0.15, 0.2) is 0 Å². The molecule has 0 aliphatic carbocycles. The largest absolute Gasteiger partial charge is 0.463 e. The van der Waals surface area contributed by atoms with Gasteiger partial charge in [-0.3, -0.25) is 15.2 Å². The Labute approximate surface area is 137 Å². The van der Waals surface area contributed by atoms with E-state index < -0.39 is 43.2 Å². The second-order valence-electron chi connectivity index (χ2n) is 5.33. The molecule has 1 aliphatic heterocycles. The molecule has 0 saturated carbocycles. The number of carbonyl (C=O) groups is 1. The maximum atomic E-state index is 11.3. The van der Waals surface area contributed by atoms with Gasteiger partial charge in [-0.2, -0.15) is 0 Å². The molecule has 1 saturated heterocycles. The molecule has 0 bridgehead atoms. The fourth-order valence-electron chi connectivity index (χ4n) is 2.36. The molecule has 0 aromatic heterocycles. The number of hydrogen-bond acceptors (Lipinski definition) is 9. The van der Waals surface area contributed by atoms with Gasteiger partial charge in [-0.15, -0.1) is 5.23 Å². The highest BCUT2D eigenvalue weighted by Crippen LogP contribution is 2.25. The molecule has 1 fully saturated rings. The SMILES string of the molecule is CC(=O)N[C@H]1[C@H](Oc2ccc(N(O)O)cc2)O[C@H](CO)[C@@H](O)[C@@H]1O. The minimum absolute atomic E-state index is 0.0666.